The maximum absolute atomic E-state index is 11.9. The molecular weight excluding hydrogens is 244 g/mol. The van der Waals surface area contributed by atoms with Crippen LogP contribution >= 0.6 is 0 Å². The molecule has 2 aromatic carbocycles. The number of hydrogen-bond donors (Lipinski definition) is 0. The molecule has 3 rings (SSSR count). The smallest absolute Gasteiger partial charge is 0.183 e. The molecule has 0 unspecified atom stereocenters. The predicted octanol–water partition coefficient (Wildman–Crippen LogP) is 3.20. The molecule has 0 amide bonds. The average Bonchev–Trinajstić information content (AvgIpc) is 2.38. The molecule has 0 N–H and O–H groups in total. The van der Waals surface area contributed by atoms with Gasteiger partial charge < -0.3 is 0 Å². The van der Waals surface area contributed by atoms with Gasteiger partial charge in [0, 0.05) is 5.41 Å². The van der Waals surface area contributed by atoms with Gasteiger partial charge >= 0.3 is 0 Å². The Hall–Kier alpha value is -1.87. The fraction of sp³-hybridized carbons (Fsp3) is 0.0667. The van der Waals surface area contributed by atoms with Crippen molar-refractivity contribution in [1.29, 1.82) is 0 Å². The van der Waals surface area contributed by atoms with Crippen LogP contribution < -0.4 is 0 Å². The highest BCUT2D eigenvalue weighted by atomic mass is 32.2. The van der Waals surface area contributed by atoms with Crippen LogP contribution in [-0.4, -0.2) is 8.42 Å². The molecule has 2 nitrogen and oxygen atoms in total. The normalized spacial score (nSPS) is 20.9. The third-order valence-corrected chi connectivity index (χ3v) is 4.88. The summed E-state index contributed by atoms with van der Waals surface area (Å²) in [5.41, 5.74) is 2.68. The van der Waals surface area contributed by atoms with Crippen LogP contribution in [0.5, 0.6) is 0 Å². The molecule has 0 bridgehead atoms. The van der Waals surface area contributed by atoms with Gasteiger partial charge in [-0.05, 0) is 16.7 Å². The van der Waals surface area contributed by atoms with E-state index < -0.39 is 15.1 Å². The molecule has 1 aliphatic rings. The van der Waals surface area contributed by atoms with Crippen LogP contribution in [-0.2, 0) is 9.84 Å². The SMILES string of the molecule is O=S1(=O)C=C(c2ccccc2)[C@@H]1c1ccccc1. The van der Waals surface area contributed by atoms with Gasteiger partial charge in [0.2, 0.25) is 0 Å². The zero-order chi connectivity index (χ0) is 12.6. The first kappa shape index (κ1) is 11.2. The van der Waals surface area contributed by atoms with Crippen LogP contribution in [0.4, 0.5) is 0 Å². The van der Waals surface area contributed by atoms with Crippen molar-refractivity contribution in [3.05, 3.63) is 77.2 Å². The Labute approximate surface area is 107 Å². The van der Waals surface area contributed by atoms with E-state index >= 15 is 0 Å². The molecule has 0 radical (unpaired) electrons. The van der Waals surface area contributed by atoms with E-state index in [1.165, 1.54) is 5.41 Å². The van der Waals surface area contributed by atoms with E-state index in [2.05, 4.69) is 0 Å². The van der Waals surface area contributed by atoms with Crippen molar-refractivity contribution in [2.24, 2.45) is 0 Å². The van der Waals surface area contributed by atoms with Gasteiger partial charge in [-0.25, -0.2) is 8.42 Å². The zero-order valence-electron chi connectivity index (χ0n) is 9.65. The Morgan fingerprint density at radius 2 is 1.33 bits per heavy atom. The van der Waals surface area contributed by atoms with Crippen molar-refractivity contribution < 1.29 is 8.42 Å². The van der Waals surface area contributed by atoms with E-state index in [1.54, 1.807) is 0 Å². The van der Waals surface area contributed by atoms with E-state index in [-0.39, 0.29) is 0 Å². The average molecular weight is 256 g/mol. The minimum Gasteiger partial charge on any atom is -0.223 e. The monoisotopic (exact) mass is 256 g/mol. The van der Waals surface area contributed by atoms with Crippen LogP contribution in [0.1, 0.15) is 16.4 Å². The summed E-state index contributed by atoms with van der Waals surface area (Å²) in [5.74, 6) is 0. The lowest BCUT2D eigenvalue weighted by molar-refractivity contribution is 0.596. The van der Waals surface area contributed by atoms with Gasteiger partial charge in [0.1, 0.15) is 5.25 Å². The quantitative estimate of drug-likeness (QED) is 0.827. The molecule has 1 aliphatic heterocycles. The van der Waals surface area contributed by atoms with E-state index in [1.807, 2.05) is 60.7 Å². The van der Waals surface area contributed by atoms with Crippen LogP contribution in [0.2, 0.25) is 0 Å². The maximum Gasteiger partial charge on any atom is 0.183 e. The van der Waals surface area contributed by atoms with Gasteiger partial charge in [-0.3, -0.25) is 0 Å². The highest BCUT2D eigenvalue weighted by Crippen LogP contribution is 2.45. The van der Waals surface area contributed by atoms with Crippen molar-refractivity contribution in [2.45, 2.75) is 5.25 Å². The number of hydrogen-bond acceptors (Lipinski definition) is 2. The summed E-state index contributed by atoms with van der Waals surface area (Å²) < 4.78 is 23.9. The van der Waals surface area contributed by atoms with Gasteiger partial charge in [-0.2, -0.15) is 0 Å². The fourth-order valence-electron chi connectivity index (χ4n) is 2.26. The molecule has 0 saturated carbocycles. The van der Waals surface area contributed by atoms with Gasteiger partial charge in [0.05, 0.1) is 0 Å². The molecule has 2 aromatic rings. The fourth-order valence-corrected chi connectivity index (χ4v) is 3.89. The first-order valence-electron chi connectivity index (χ1n) is 5.74. The molecule has 0 fully saturated rings. The highest BCUT2D eigenvalue weighted by Gasteiger charge is 2.38. The molecule has 3 heteroatoms. The molecule has 0 spiro atoms. The summed E-state index contributed by atoms with van der Waals surface area (Å²) >= 11 is 0. The van der Waals surface area contributed by atoms with E-state index in [9.17, 15) is 8.42 Å². The Bertz CT molecular complexity index is 686. The van der Waals surface area contributed by atoms with Crippen molar-refractivity contribution in [3.63, 3.8) is 0 Å². The van der Waals surface area contributed by atoms with E-state index in [0.29, 0.717) is 0 Å². The second kappa shape index (κ2) is 4.10. The number of benzene rings is 2. The Balaban J connectivity index is 2.08. The zero-order valence-corrected chi connectivity index (χ0v) is 10.5. The highest BCUT2D eigenvalue weighted by molar-refractivity contribution is 7.96. The van der Waals surface area contributed by atoms with Gasteiger partial charge in [-0.1, -0.05) is 60.7 Å². The lowest BCUT2D eigenvalue weighted by atomic mass is 9.98. The molecule has 90 valence electrons. The lowest BCUT2D eigenvalue weighted by Crippen LogP contribution is -2.22. The topological polar surface area (TPSA) is 34.1 Å². The molecule has 0 saturated heterocycles. The summed E-state index contributed by atoms with van der Waals surface area (Å²) in [5, 5.41) is 0.862. The molecule has 1 atom stereocenters. The van der Waals surface area contributed by atoms with Crippen LogP contribution in [0, 0.1) is 0 Å². The third kappa shape index (κ3) is 1.77. The maximum atomic E-state index is 11.9. The van der Waals surface area contributed by atoms with Crippen LogP contribution in [0.3, 0.4) is 0 Å². The first-order valence-corrected chi connectivity index (χ1v) is 7.35. The standard InChI is InChI=1S/C15H12O2S/c16-18(17)11-14(12-7-3-1-4-8-12)15(18)13-9-5-2-6-10-13/h1-11,15H/t15-/m0/s1. The van der Waals surface area contributed by atoms with E-state index in [0.717, 1.165) is 16.7 Å². The van der Waals surface area contributed by atoms with Crippen molar-refractivity contribution in [2.75, 3.05) is 0 Å². The van der Waals surface area contributed by atoms with Crippen molar-refractivity contribution in [1.82, 2.24) is 0 Å². The Morgan fingerprint density at radius 3 is 1.89 bits per heavy atom. The molecule has 18 heavy (non-hydrogen) atoms. The van der Waals surface area contributed by atoms with Crippen molar-refractivity contribution in [3.8, 4) is 0 Å². The second-order valence-electron chi connectivity index (χ2n) is 4.32. The lowest BCUT2D eigenvalue weighted by Gasteiger charge is -2.27. The predicted molar refractivity (Wildman–Crippen MR) is 72.5 cm³/mol. The van der Waals surface area contributed by atoms with Crippen molar-refractivity contribution >= 4 is 15.4 Å². The summed E-state index contributed by atoms with van der Waals surface area (Å²) in [4.78, 5) is 0. The summed E-state index contributed by atoms with van der Waals surface area (Å²) in [6, 6.07) is 19.0. The second-order valence-corrected chi connectivity index (χ2v) is 6.20. The molecule has 1 heterocycles. The minimum absolute atomic E-state index is 0.513. The first-order chi connectivity index (χ1) is 8.68. The third-order valence-electron chi connectivity index (χ3n) is 3.11. The Kier molecular flexibility index (Phi) is 2.56. The molecule has 0 aliphatic carbocycles. The molecule has 0 aromatic heterocycles. The number of rotatable bonds is 2. The Morgan fingerprint density at radius 1 is 0.778 bits per heavy atom. The summed E-state index contributed by atoms with van der Waals surface area (Å²) in [6.07, 6.45) is 0. The largest absolute Gasteiger partial charge is 0.223 e. The number of sulfone groups is 1. The summed E-state index contributed by atoms with van der Waals surface area (Å²) in [6.45, 7) is 0. The van der Waals surface area contributed by atoms with Gasteiger partial charge in [-0.15, -0.1) is 0 Å². The van der Waals surface area contributed by atoms with Gasteiger partial charge in [0.15, 0.2) is 9.84 Å². The van der Waals surface area contributed by atoms with Gasteiger partial charge in [0.25, 0.3) is 0 Å². The minimum atomic E-state index is -3.13. The van der Waals surface area contributed by atoms with Crippen LogP contribution in [0.15, 0.2) is 66.1 Å². The molecular formula is C15H12O2S. The van der Waals surface area contributed by atoms with Crippen LogP contribution in [0.25, 0.3) is 5.57 Å². The van der Waals surface area contributed by atoms with E-state index in [4.69, 9.17) is 0 Å². The summed E-state index contributed by atoms with van der Waals surface area (Å²) in [7, 11) is -3.13.